The number of fused-ring (bicyclic) bond motifs is 1. The molecule has 24 heavy (non-hydrogen) atoms. The maximum absolute atomic E-state index is 14.0. The van der Waals surface area contributed by atoms with Gasteiger partial charge in [0, 0.05) is 12.0 Å². The molecule has 0 atom stereocenters. The van der Waals surface area contributed by atoms with Crippen LogP contribution in [0.25, 0.3) is 0 Å². The van der Waals surface area contributed by atoms with E-state index in [0.717, 1.165) is 24.2 Å². The molecule has 0 spiro atoms. The number of alkyl halides is 1. The highest BCUT2D eigenvalue weighted by molar-refractivity contribution is 6.31. The zero-order valence-corrected chi connectivity index (χ0v) is 14.6. The molecule has 0 bridgehead atoms. The van der Waals surface area contributed by atoms with Crippen molar-refractivity contribution in [1.29, 1.82) is 0 Å². The lowest BCUT2D eigenvalue weighted by molar-refractivity contribution is -0.545. The van der Waals surface area contributed by atoms with Crippen molar-refractivity contribution >= 4 is 17.3 Å². The third kappa shape index (κ3) is 3.11. The largest absolute Gasteiger partial charge is 0.493 e. The molecule has 2 aromatic rings. The Labute approximate surface area is 146 Å². The quantitative estimate of drug-likeness (QED) is 0.607. The molecule has 126 valence electrons. The summed E-state index contributed by atoms with van der Waals surface area (Å²) in [6, 6.07) is 10.8. The Kier molecular flexibility index (Phi) is 5.05. The number of halogens is 2. The van der Waals surface area contributed by atoms with Gasteiger partial charge < -0.3 is 9.47 Å². The molecular weight excluding hydrogens is 329 g/mol. The minimum Gasteiger partial charge on any atom is -0.493 e. The predicted octanol–water partition coefficient (Wildman–Crippen LogP) is 3.64. The van der Waals surface area contributed by atoms with Crippen molar-refractivity contribution in [2.24, 2.45) is 0 Å². The molecule has 0 fully saturated rings. The van der Waals surface area contributed by atoms with Crippen LogP contribution >= 0.6 is 11.6 Å². The van der Waals surface area contributed by atoms with Gasteiger partial charge in [0.2, 0.25) is 0 Å². The second-order valence-electron chi connectivity index (χ2n) is 5.71. The van der Waals surface area contributed by atoms with Crippen LogP contribution < -0.4 is 9.47 Å². The number of hydrogen-bond acceptors (Lipinski definition) is 2. The van der Waals surface area contributed by atoms with Crippen molar-refractivity contribution in [2.45, 2.75) is 13.0 Å². The first-order valence-corrected chi connectivity index (χ1v) is 8.36. The molecule has 1 aliphatic heterocycles. The first kappa shape index (κ1) is 16.8. The van der Waals surface area contributed by atoms with Gasteiger partial charge in [0.15, 0.2) is 23.8 Å². The fourth-order valence-corrected chi connectivity index (χ4v) is 3.43. The van der Waals surface area contributed by atoms with Crippen LogP contribution in [0.2, 0.25) is 0 Å². The van der Waals surface area contributed by atoms with Crippen molar-refractivity contribution in [1.82, 2.24) is 0 Å². The molecule has 3 rings (SSSR count). The molecule has 0 unspecified atom stereocenters. The summed E-state index contributed by atoms with van der Waals surface area (Å²) in [5.41, 5.74) is 3.88. The molecule has 0 amide bonds. The van der Waals surface area contributed by atoms with E-state index < -0.39 is 0 Å². The summed E-state index contributed by atoms with van der Waals surface area (Å²) in [7, 11) is 3.24. The molecule has 1 heterocycles. The third-order valence-electron chi connectivity index (χ3n) is 4.40. The lowest BCUT2D eigenvalue weighted by Gasteiger charge is -2.20. The molecule has 2 aromatic carbocycles. The number of benzene rings is 2. The lowest BCUT2D eigenvalue weighted by atomic mass is 9.96. The standard InChI is InChI=1S/C19H20ClFNO2/c1-23-18-9-13-7-8-22(12-14-5-3-4-6-16(14)21)17(11-20)15(13)10-19(18)24-2/h3-6,9-10H,7-8,11-12H2,1-2H3/q+1. The normalized spacial score (nSPS) is 13.7. The van der Waals surface area contributed by atoms with E-state index in [1.807, 2.05) is 24.3 Å². The molecule has 3 nitrogen and oxygen atoms in total. The predicted molar refractivity (Wildman–Crippen MR) is 93.3 cm³/mol. The number of methoxy groups -OCH3 is 2. The zero-order chi connectivity index (χ0) is 17.1. The summed E-state index contributed by atoms with van der Waals surface area (Å²) in [6.45, 7) is 1.29. The van der Waals surface area contributed by atoms with Crippen molar-refractivity contribution in [2.75, 3.05) is 26.6 Å². The highest BCUT2D eigenvalue weighted by Gasteiger charge is 2.27. The van der Waals surface area contributed by atoms with Crippen LogP contribution in [-0.4, -0.2) is 36.9 Å². The molecule has 5 heteroatoms. The van der Waals surface area contributed by atoms with Gasteiger partial charge in [0.05, 0.1) is 19.8 Å². The van der Waals surface area contributed by atoms with Crippen LogP contribution in [-0.2, 0) is 13.0 Å². The van der Waals surface area contributed by atoms with Crippen molar-refractivity contribution in [3.05, 3.63) is 58.9 Å². The highest BCUT2D eigenvalue weighted by Crippen LogP contribution is 2.32. The molecule has 0 saturated carbocycles. The fraction of sp³-hybridized carbons (Fsp3) is 0.316. The molecule has 0 aliphatic carbocycles. The lowest BCUT2D eigenvalue weighted by Crippen LogP contribution is -2.31. The van der Waals surface area contributed by atoms with E-state index >= 15 is 0 Å². The Hall–Kier alpha value is -2.07. The van der Waals surface area contributed by atoms with Crippen molar-refractivity contribution < 1.29 is 18.4 Å². The molecule has 0 N–H and O–H groups in total. The minimum atomic E-state index is -0.190. The summed E-state index contributed by atoms with van der Waals surface area (Å²) >= 11 is 6.23. The van der Waals surface area contributed by atoms with Gasteiger partial charge in [-0.2, -0.15) is 0 Å². The average molecular weight is 349 g/mol. The maximum Gasteiger partial charge on any atom is 0.198 e. The zero-order valence-electron chi connectivity index (χ0n) is 13.8. The summed E-state index contributed by atoms with van der Waals surface area (Å²) in [4.78, 5) is 0. The number of nitrogens with zero attached hydrogens (tertiary/aromatic N) is 1. The fourth-order valence-electron chi connectivity index (χ4n) is 3.12. The Morgan fingerprint density at radius 1 is 1.12 bits per heavy atom. The smallest absolute Gasteiger partial charge is 0.198 e. The second kappa shape index (κ2) is 7.22. The van der Waals surface area contributed by atoms with E-state index in [-0.39, 0.29) is 5.82 Å². The topological polar surface area (TPSA) is 21.5 Å². The Morgan fingerprint density at radius 2 is 1.83 bits per heavy atom. The van der Waals surface area contributed by atoms with Gasteiger partial charge >= 0.3 is 0 Å². The van der Waals surface area contributed by atoms with E-state index in [1.54, 1.807) is 20.3 Å². The molecule has 0 saturated heterocycles. The van der Waals surface area contributed by atoms with Crippen molar-refractivity contribution in [3.63, 3.8) is 0 Å². The summed E-state index contributed by atoms with van der Waals surface area (Å²) < 4.78 is 26.9. The van der Waals surface area contributed by atoms with E-state index in [0.29, 0.717) is 29.5 Å². The van der Waals surface area contributed by atoms with Crippen LogP contribution in [0.5, 0.6) is 11.5 Å². The van der Waals surface area contributed by atoms with E-state index in [9.17, 15) is 4.39 Å². The van der Waals surface area contributed by atoms with Crippen molar-refractivity contribution in [3.8, 4) is 11.5 Å². The van der Waals surface area contributed by atoms with Crippen LogP contribution in [0, 0.1) is 5.82 Å². The average Bonchev–Trinajstić information content (AvgIpc) is 2.62. The van der Waals surface area contributed by atoms with E-state index in [4.69, 9.17) is 21.1 Å². The summed E-state index contributed by atoms with van der Waals surface area (Å²) in [6.07, 6.45) is 0.852. The van der Waals surface area contributed by atoms with Crippen LogP contribution in [0.1, 0.15) is 16.7 Å². The number of ether oxygens (including phenoxy) is 2. The molecule has 1 aliphatic rings. The van der Waals surface area contributed by atoms with Gasteiger partial charge in [0.1, 0.15) is 18.2 Å². The first-order valence-electron chi connectivity index (χ1n) is 7.83. The number of rotatable bonds is 5. The monoisotopic (exact) mass is 348 g/mol. The first-order chi connectivity index (χ1) is 11.7. The SMILES string of the molecule is COc1cc2c(cc1OC)C(CCl)=[N+](Cc1ccccc1F)CC2. The molecular formula is C19H20ClFNO2+. The highest BCUT2D eigenvalue weighted by atomic mass is 35.5. The molecule has 0 aromatic heterocycles. The minimum absolute atomic E-state index is 0.190. The Balaban J connectivity index is 2.05. The molecule has 0 radical (unpaired) electrons. The van der Waals surface area contributed by atoms with Gasteiger partial charge in [-0.05, 0) is 29.8 Å². The van der Waals surface area contributed by atoms with Gasteiger partial charge in [0.25, 0.3) is 0 Å². The van der Waals surface area contributed by atoms with Gasteiger partial charge in [-0.15, -0.1) is 11.6 Å². The van der Waals surface area contributed by atoms with E-state index in [2.05, 4.69) is 4.58 Å². The van der Waals surface area contributed by atoms with Crippen LogP contribution in [0.4, 0.5) is 4.39 Å². The van der Waals surface area contributed by atoms with Crippen LogP contribution in [0.3, 0.4) is 0 Å². The van der Waals surface area contributed by atoms with E-state index in [1.165, 1.54) is 11.6 Å². The van der Waals surface area contributed by atoms with Crippen LogP contribution in [0.15, 0.2) is 36.4 Å². The maximum atomic E-state index is 14.0. The number of hydrogen-bond donors (Lipinski definition) is 0. The Bertz CT molecular complexity index is 789. The summed E-state index contributed by atoms with van der Waals surface area (Å²) in [5.74, 6) is 1.56. The summed E-state index contributed by atoms with van der Waals surface area (Å²) in [5, 5.41) is 0. The van der Waals surface area contributed by atoms with Gasteiger partial charge in [-0.1, -0.05) is 12.1 Å². The van der Waals surface area contributed by atoms with Gasteiger partial charge in [-0.25, -0.2) is 8.97 Å². The Morgan fingerprint density at radius 3 is 2.50 bits per heavy atom. The third-order valence-corrected chi connectivity index (χ3v) is 4.65. The van der Waals surface area contributed by atoms with Gasteiger partial charge in [-0.3, -0.25) is 0 Å². The second-order valence-corrected chi connectivity index (χ2v) is 5.97.